The van der Waals surface area contributed by atoms with Gasteiger partial charge in [-0.2, -0.15) is 0 Å². The predicted molar refractivity (Wildman–Crippen MR) is 102 cm³/mol. The number of hydrogen-bond acceptors (Lipinski definition) is 3. The molecule has 5 heteroatoms. The summed E-state index contributed by atoms with van der Waals surface area (Å²) in [4.78, 5) is 24.5. The lowest BCUT2D eigenvalue weighted by Crippen LogP contribution is -2.13. The molecule has 5 nitrogen and oxygen atoms in total. The molecular weight excluding hydrogens is 328 g/mol. The van der Waals surface area contributed by atoms with E-state index in [1.54, 1.807) is 42.5 Å². The Hall–Kier alpha value is -3.60. The van der Waals surface area contributed by atoms with Gasteiger partial charge in [0.1, 0.15) is 5.75 Å². The van der Waals surface area contributed by atoms with Crippen molar-refractivity contribution in [1.29, 1.82) is 0 Å². The maximum absolute atomic E-state index is 12.2. The Morgan fingerprint density at radius 2 is 1.27 bits per heavy atom. The van der Waals surface area contributed by atoms with Crippen molar-refractivity contribution in [2.24, 2.45) is 0 Å². The van der Waals surface area contributed by atoms with E-state index >= 15 is 0 Å². The number of carbonyl (C=O) groups excluding carboxylic acids is 2. The fraction of sp³-hybridized carbons (Fsp3) is 0.0476. The van der Waals surface area contributed by atoms with Crippen molar-refractivity contribution < 1.29 is 14.7 Å². The second kappa shape index (κ2) is 7.53. The number of anilines is 2. The van der Waals surface area contributed by atoms with Crippen LogP contribution in [0.2, 0.25) is 0 Å². The summed E-state index contributed by atoms with van der Waals surface area (Å²) in [7, 11) is 0. The molecule has 0 spiro atoms. The monoisotopic (exact) mass is 346 g/mol. The summed E-state index contributed by atoms with van der Waals surface area (Å²) in [6.45, 7) is 1.93. The van der Waals surface area contributed by atoms with Crippen molar-refractivity contribution in [1.82, 2.24) is 0 Å². The third-order valence-corrected chi connectivity index (χ3v) is 3.81. The zero-order chi connectivity index (χ0) is 18.5. The molecule has 0 radical (unpaired) electrons. The molecule has 0 saturated heterocycles. The van der Waals surface area contributed by atoms with Crippen LogP contribution >= 0.6 is 0 Å². The molecule has 0 aliphatic heterocycles. The Kier molecular flexibility index (Phi) is 4.99. The fourth-order valence-corrected chi connectivity index (χ4v) is 2.44. The van der Waals surface area contributed by atoms with E-state index in [1.165, 1.54) is 12.1 Å². The summed E-state index contributed by atoms with van der Waals surface area (Å²) >= 11 is 0. The van der Waals surface area contributed by atoms with Crippen LogP contribution < -0.4 is 10.6 Å². The minimum Gasteiger partial charge on any atom is -0.508 e. The summed E-state index contributed by atoms with van der Waals surface area (Å²) in [5, 5.41) is 14.8. The Morgan fingerprint density at radius 3 is 1.85 bits per heavy atom. The maximum atomic E-state index is 12.2. The van der Waals surface area contributed by atoms with Gasteiger partial charge in [0.2, 0.25) is 0 Å². The Morgan fingerprint density at radius 1 is 0.731 bits per heavy atom. The number of rotatable bonds is 4. The number of amides is 2. The van der Waals surface area contributed by atoms with Gasteiger partial charge in [-0.1, -0.05) is 17.7 Å². The molecule has 2 amide bonds. The number of benzene rings is 3. The number of aryl methyl sites for hydroxylation is 1. The van der Waals surface area contributed by atoms with Gasteiger partial charge < -0.3 is 15.7 Å². The number of aromatic hydroxyl groups is 1. The summed E-state index contributed by atoms with van der Waals surface area (Å²) in [6.07, 6.45) is 0. The average molecular weight is 346 g/mol. The summed E-state index contributed by atoms with van der Waals surface area (Å²) in [5.74, 6) is -0.334. The van der Waals surface area contributed by atoms with Crippen LogP contribution in [0.4, 0.5) is 11.4 Å². The van der Waals surface area contributed by atoms with Crippen LogP contribution in [-0.4, -0.2) is 16.9 Å². The third-order valence-electron chi connectivity index (χ3n) is 3.81. The number of carbonyl (C=O) groups is 2. The third kappa shape index (κ3) is 4.27. The van der Waals surface area contributed by atoms with Gasteiger partial charge >= 0.3 is 0 Å². The van der Waals surface area contributed by atoms with Crippen LogP contribution in [0.15, 0.2) is 72.8 Å². The lowest BCUT2D eigenvalue weighted by Gasteiger charge is -2.08. The molecular formula is C21H18N2O3. The molecule has 3 aromatic carbocycles. The molecule has 130 valence electrons. The minimum absolute atomic E-state index is 0.136. The van der Waals surface area contributed by atoms with Crippen molar-refractivity contribution in [2.75, 3.05) is 10.6 Å². The molecule has 26 heavy (non-hydrogen) atoms. The normalized spacial score (nSPS) is 10.2. The Balaban J connectivity index is 1.65. The molecule has 0 aromatic heterocycles. The van der Waals surface area contributed by atoms with Gasteiger partial charge in [-0.3, -0.25) is 9.59 Å². The lowest BCUT2D eigenvalue weighted by molar-refractivity contribution is 0.102. The molecule has 0 aliphatic rings. The van der Waals surface area contributed by atoms with Crippen LogP contribution in [0.25, 0.3) is 0 Å². The summed E-state index contributed by atoms with van der Waals surface area (Å²) < 4.78 is 0. The molecule has 0 atom stereocenters. The minimum atomic E-state index is -0.271. The molecule has 0 aliphatic carbocycles. The molecule has 3 N–H and O–H groups in total. The van der Waals surface area contributed by atoms with Crippen molar-refractivity contribution in [3.63, 3.8) is 0 Å². The van der Waals surface area contributed by atoms with E-state index < -0.39 is 0 Å². The highest BCUT2D eigenvalue weighted by Crippen LogP contribution is 2.16. The molecule has 3 rings (SSSR count). The van der Waals surface area contributed by atoms with Gasteiger partial charge in [0.05, 0.1) is 0 Å². The van der Waals surface area contributed by atoms with E-state index in [0.717, 1.165) is 5.56 Å². The van der Waals surface area contributed by atoms with Crippen LogP contribution in [0, 0.1) is 6.92 Å². The summed E-state index contributed by atoms with van der Waals surface area (Å²) in [6, 6.07) is 20.2. The Bertz CT molecular complexity index is 932. The standard InChI is InChI=1S/C21H18N2O3/c1-14-3-2-4-16(13-14)21(26)23-17-7-5-15(6-8-17)20(25)22-18-9-11-19(24)12-10-18/h2-13,24H,1H3,(H,22,25)(H,23,26). The zero-order valence-corrected chi connectivity index (χ0v) is 14.2. The molecule has 3 aromatic rings. The first-order valence-electron chi connectivity index (χ1n) is 8.10. The quantitative estimate of drug-likeness (QED) is 0.619. The second-order valence-corrected chi connectivity index (χ2v) is 5.90. The highest BCUT2D eigenvalue weighted by Gasteiger charge is 2.09. The topological polar surface area (TPSA) is 78.4 Å². The van der Waals surface area contributed by atoms with Crippen LogP contribution in [0.5, 0.6) is 5.75 Å². The zero-order valence-electron chi connectivity index (χ0n) is 14.2. The first-order valence-corrected chi connectivity index (χ1v) is 8.10. The molecule has 0 saturated carbocycles. The van der Waals surface area contributed by atoms with E-state index in [2.05, 4.69) is 10.6 Å². The first kappa shape index (κ1) is 17.2. The highest BCUT2D eigenvalue weighted by atomic mass is 16.3. The van der Waals surface area contributed by atoms with Gasteiger partial charge in [-0.25, -0.2) is 0 Å². The van der Waals surface area contributed by atoms with E-state index in [9.17, 15) is 14.7 Å². The predicted octanol–water partition coefficient (Wildman–Crippen LogP) is 4.21. The number of hydrogen-bond donors (Lipinski definition) is 3. The van der Waals surface area contributed by atoms with Gasteiger partial charge in [-0.05, 0) is 67.6 Å². The highest BCUT2D eigenvalue weighted by molar-refractivity contribution is 6.06. The van der Waals surface area contributed by atoms with Gasteiger partial charge in [0.15, 0.2) is 0 Å². The number of phenols is 1. The molecule has 0 unspecified atom stereocenters. The van der Waals surface area contributed by atoms with Crippen LogP contribution in [0.3, 0.4) is 0 Å². The lowest BCUT2D eigenvalue weighted by atomic mass is 10.1. The van der Waals surface area contributed by atoms with Crippen molar-refractivity contribution in [3.05, 3.63) is 89.5 Å². The van der Waals surface area contributed by atoms with E-state index in [4.69, 9.17) is 0 Å². The Labute approximate surface area is 151 Å². The smallest absolute Gasteiger partial charge is 0.255 e. The average Bonchev–Trinajstić information content (AvgIpc) is 2.64. The summed E-state index contributed by atoms with van der Waals surface area (Å²) in [5.41, 5.74) is 3.26. The fourth-order valence-electron chi connectivity index (χ4n) is 2.44. The van der Waals surface area contributed by atoms with E-state index in [1.807, 2.05) is 25.1 Å². The van der Waals surface area contributed by atoms with E-state index in [0.29, 0.717) is 22.5 Å². The van der Waals surface area contributed by atoms with Gasteiger partial charge in [0, 0.05) is 22.5 Å². The van der Waals surface area contributed by atoms with Gasteiger partial charge in [-0.15, -0.1) is 0 Å². The molecule has 0 heterocycles. The van der Waals surface area contributed by atoms with Crippen LogP contribution in [-0.2, 0) is 0 Å². The van der Waals surface area contributed by atoms with E-state index in [-0.39, 0.29) is 17.6 Å². The second-order valence-electron chi connectivity index (χ2n) is 5.90. The maximum Gasteiger partial charge on any atom is 0.255 e. The van der Waals surface area contributed by atoms with Crippen molar-refractivity contribution >= 4 is 23.2 Å². The van der Waals surface area contributed by atoms with Crippen LogP contribution in [0.1, 0.15) is 26.3 Å². The molecule has 0 fully saturated rings. The SMILES string of the molecule is Cc1cccc(C(=O)Nc2ccc(C(=O)Nc3ccc(O)cc3)cc2)c1. The van der Waals surface area contributed by atoms with Gasteiger partial charge in [0.25, 0.3) is 11.8 Å². The molecule has 0 bridgehead atoms. The number of nitrogens with one attached hydrogen (secondary N) is 2. The number of phenolic OH excluding ortho intramolecular Hbond substituents is 1. The van der Waals surface area contributed by atoms with Crippen molar-refractivity contribution in [3.8, 4) is 5.75 Å². The largest absolute Gasteiger partial charge is 0.508 e. The first-order chi connectivity index (χ1) is 12.5. The van der Waals surface area contributed by atoms with Crippen molar-refractivity contribution in [2.45, 2.75) is 6.92 Å².